The van der Waals surface area contributed by atoms with E-state index in [9.17, 15) is 13.2 Å². The van der Waals surface area contributed by atoms with Crippen LogP contribution in [-0.2, 0) is 23.8 Å². The number of rotatable bonds is 4. The highest BCUT2D eigenvalue weighted by Crippen LogP contribution is 2.40. The van der Waals surface area contributed by atoms with Gasteiger partial charge < -0.3 is 4.74 Å². The molecule has 1 saturated carbocycles. The highest BCUT2D eigenvalue weighted by molar-refractivity contribution is 7.86. The van der Waals surface area contributed by atoms with Crippen LogP contribution in [0.15, 0.2) is 0 Å². The van der Waals surface area contributed by atoms with Gasteiger partial charge in [-0.15, -0.1) is 0 Å². The predicted molar refractivity (Wildman–Crippen MR) is 92.8 cm³/mol. The van der Waals surface area contributed by atoms with E-state index < -0.39 is 32.0 Å². The lowest BCUT2D eigenvalue weighted by molar-refractivity contribution is -0.154. The van der Waals surface area contributed by atoms with Crippen molar-refractivity contribution in [3.8, 4) is 0 Å². The van der Waals surface area contributed by atoms with Crippen LogP contribution in [0.25, 0.3) is 0 Å². The van der Waals surface area contributed by atoms with E-state index in [-0.39, 0.29) is 12.5 Å². The van der Waals surface area contributed by atoms with E-state index in [1.54, 1.807) is 0 Å². The molecule has 0 N–H and O–H groups in total. The lowest BCUT2D eigenvalue weighted by Crippen LogP contribution is -2.54. The highest BCUT2D eigenvalue weighted by atomic mass is 35.6. The second-order valence-electron chi connectivity index (χ2n) is 6.61. The first-order valence-electron chi connectivity index (χ1n) is 7.78. The summed E-state index contributed by atoms with van der Waals surface area (Å²) < 4.78 is 31.7. The molecule has 24 heavy (non-hydrogen) atoms. The SMILES string of the molecule is CN1C[C@H]2CCC[C@H](OS(C)(=O)=O)[C@H]2C[C@H]1C(=O)OCC(Cl)(Cl)Cl. The smallest absolute Gasteiger partial charge is 0.323 e. The summed E-state index contributed by atoms with van der Waals surface area (Å²) in [5.41, 5.74) is 0. The first-order chi connectivity index (χ1) is 11.0. The fourth-order valence-corrected chi connectivity index (χ4v) is 4.54. The molecule has 0 bridgehead atoms. The topological polar surface area (TPSA) is 72.9 Å². The molecule has 0 aromatic heterocycles. The Kier molecular flexibility index (Phi) is 6.71. The molecule has 6 nitrogen and oxygen atoms in total. The zero-order chi connectivity index (χ0) is 18.1. The van der Waals surface area contributed by atoms with Gasteiger partial charge in [0, 0.05) is 6.54 Å². The molecule has 1 aliphatic carbocycles. The maximum absolute atomic E-state index is 12.3. The Hall–Kier alpha value is 0.210. The lowest BCUT2D eigenvalue weighted by Gasteiger charge is -2.46. The number of piperidine rings is 1. The van der Waals surface area contributed by atoms with Crippen LogP contribution < -0.4 is 0 Å². The van der Waals surface area contributed by atoms with Crippen molar-refractivity contribution in [1.29, 1.82) is 0 Å². The number of carbonyl (C=O) groups is 1. The molecule has 0 aromatic carbocycles. The molecule has 140 valence electrons. The van der Waals surface area contributed by atoms with Gasteiger partial charge in [-0.05, 0) is 38.1 Å². The van der Waals surface area contributed by atoms with Crippen molar-refractivity contribution in [3.05, 3.63) is 0 Å². The number of esters is 1. The molecule has 1 aliphatic heterocycles. The summed E-state index contributed by atoms with van der Waals surface area (Å²) in [7, 11) is -1.69. The summed E-state index contributed by atoms with van der Waals surface area (Å²) in [4.78, 5) is 14.2. The third kappa shape index (κ3) is 5.88. The second kappa shape index (κ2) is 7.84. The Labute approximate surface area is 157 Å². The summed E-state index contributed by atoms with van der Waals surface area (Å²) in [5.74, 6) is -0.173. The number of likely N-dealkylation sites (tertiary alicyclic amines) is 1. The average Bonchev–Trinajstić information content (AvgIpc) is 2.42. The Morgan fingerprint density at radius 2 is 1.96 bits per heavy atom. The van der Waals surface area contributed by atoms with Crippen molar-refractivity contribution in [2.45, 2.75) is 41.6 Å². The number of ether oxygens (including phenoxy) is 1. The van der Waals surface area contributed by atoms with E-state index in [0.29, 0.717) is 25.3 Å². The van der Waals surface area contributed by atoms with Crippen molar-refractivity contribution in [1.82, 2.24) is 4.90 Å². The lowest BCUT2D eigenvalue weighted by atomic mass is 9.71. The Morgan fingerprint density at radius 1 is 1.29 bits per heavy atom. The summed E-state index contributed by atoms with van der Waals surface area (Å²) in [6.45, 7) is 0.361. The van der Waals surface area contributed by atoms with Crippen LogP contribution in [0.2, 0.25) is 0 Å². The molecule has 2 rings (SSSR count). The second-order valence-corrected chi connectivity index (χ2v) is 10.7. The summed E-state index contributed by atoms with van der Waals surface area (Å²) in [6, 6.07) is -0.498. The van der Waals surface area contributed by atoms with Gasteiger partial charge in [0.15, 0.2) is 0 Å². The summed E-state index contributed by atoms with van der Waals surface area (Å²) in [5, 5.41) is 0. The molecule has 0 unspecified atom stereocenters. The monoisotopic (exact) mass is 421 g/mol. The maximum Gasteiger partial charge on any atom is 0.323 e. The van der Waals surface area contributed by atoms with E-state index >= 15 is 0 Å². The third-order valence-electron chi connectivity index (χ3n) is 4.65. The zero-order valence-electron chi connectivity index (χ0n) is 13.6. The van der Waals surface area contributed by atoms with Gasteiger partial charge in [-0.25, -0.2) is 0 Å². The highest BCUT2D eigenvalue weighted by Gasteiger charge is 2.44. The molecule has 1 heterocycles. The van der Waals surface area contributed by atoms with Gasteiger partial charge in [0.1, 0.15) is 12.6 Å². The van der Waals surface area contributed by atoms with E-state index in [0.717, 1.165) is 19.1 Å². The minimum absolute atomic E-state index is 0.00464. The molecule has 2 fully saturated rings. The van der Waals surface area contributed by atoms with Gasteiger partial charge in [-0.3, -0.25) is 13.9 Å². The van der Waals surface area contributed by atoms with Crippen molar-refractivity contribution < 1.29 is 22.1 Å². The summed E-state index contributed by atoms with van der Waals surface area (Å²) >= 11 is 16.8. The van der Waals surface area contributed by atoms with Crippen LogP contribution in [0, 0.1) is 11.8 Å². The van der Waals surface area contributed by atoms with Crippen LogP contribution in [0.3, 0.4) is 0 Å². The van der Waals surface area contributed by atoms with Crippen LogP contribution in [-0.4, -0.2) is 61.7 Å². The van der Waals surface area contributed by atoms with E-state index in [1.165, 1.54) is 0 Å². The Bertz CT molecular complexity index is 565. The average molecular weight is 423 g/mol. The van der Waals surface area contributed by atoms with Crippen molar-refractivity contribution in [3.63, 3.8) is 0 Å². The largest absolute Gasteiger partial charge is 0.460 e. The Morgan fingerprint density at radius 3 is 2.54 bits per heavy atom. The maximum atomic E-state index is 12.3. The van der Waals surface area contributed by atoms with Gasteiger partial charge >= 0.3 is 5.97 Å². The molecule has 4 atom stereocenters. The van der Waals surface area contributed by atoms with E-state index in [4.69, 9.17) is 43.7 Å². The first kappa shape index (κ1) is 20.5. The van der Waals surface area contributed by atoms with Gasteiger partial charge in [0.05, 0.1) is 12.4 Å². The first-order valence-corrected chi connectivity index (χ1v) is 10.7. The fraction of sp³-hybridized carbons (Fsp3) is 0.929. The number of likely N-dealkylation sites (N-methyl/N-ethyl adjacent to an activating group) is 1. The van der Waals surface area contributed by atoms with Crippen LogP contribution in [0.5, 0.6) is 0 Å². The third-order valence-corrected chi connectivity index (χ3v) is 5.57. The molecule has 0 aromatic rings. The molecule has 0 radical (unpaired) electrons. The van der Waals surface area contributed by atoms with Crippen molar-refractivity contribution in [2.24, 2.45) is 11.8 Å². The predicted octanol–water partition coefficient (Wildman–Crippen LogP) is 2.37. The summed E-state index contributed by atoms with van der Waals surface area (Å²) in [6.07, 6.45) is 3.72. The van der Waals surface area contributed by atoms with Crippen molar-refractivity contribution in [2.75, 3.05) is 26.5 Å². The van der Waals surface area contributed by atoms with Crippen LogP contribution in [0.1, 0.15) is 25.7 Å². The van der Waals surface area contributed by atoms with Crippen LogP contribution in [0.4, 0.5) is 0 Å². The number of nitrogens with zero attached hydrogens (tertiary/aromatic N) is 1. The number of fused-ring (bicyclic) bond motifs is 1. The number of carbonyl (C=O) groups excluding carboxylic acids is 1. The normalized spacial score (nSPS) is 32.2. The molecule has 2 aliphatic rings. The van der Waals surface area contributed by atoms with Gasteiger partial charge in [-0.1, -0.05) is 41.2 Å². The number of alkyl halides is 3. The fourth-order valence-electron chi connectivity index (χ4n) is 3.69. The molecule has 1 saturated heterocycles. The molecule has 0 spiro atoms. The van der Waals surface area contributed by atoms with Crippen LogP contribution >= 0.6 is 34.8 Å². The minimum Gasteiger partial charge on any atom is -0.460 e. The van der Waals surface area contributed by atoms with Gasteiger partial charge in [0.25, 0.3) is 10.1 Å². The zero-order valence-corrected chi connectivity index (χ0v) is 16.7. The minimum atomic E-state index is -3.54. The number of hydrogen-bond donors (Lipinski definition) is 0. The molecule has 10 heteroatoms. The molecule has 0 amide bonds. The quantitative estimate of drug-likeness (QED) is 0.393. The molecular weight excluding hydrogens is 401 g/mol. The number of halogens is 3. The standard InChI is InChI=1S/C14H22Cl3NO5S/c1-18-7-9-4-3-5-12(23-24(2,20)21)10(9)6-11(18)13(19)22-8-14(15,16)17/h9-12H,3-8H2,1-2H3/t9-,10+,11+,12+/m1/s1. The van der Waals surface area contributed by atoms with E-state index in [2.05, 4.69) is 0 Å². The van der Waals surface area contributed by atoms with Crippen molar-refractivity contribution >= 4 is 50.9 Å². The number of hydrogen-bond acceptors (Lipinski definition) is 6. The molecular formula is C14H22Cl3NO5S. The Balaban J connectivity index is 2.06. The van der Waals surface area contributed by atoms with Gasteiger partial charge in [0.2, 0.25) is 3.79 Å². The van der Waals surface area contributed by atoms with E-state index in [1.807, 2.05) is 11.9 Å². The van der Waals surface area contributed by atoms with Gasteiger partial charge in [-0.2, -0.15) is 8.42 Å².